The minimum atomic E-state index is -0.565. The van der Waals surface area contributed by atoms with E-state index in [0.29, 0.717) is 18.0 Å². The first-order chi connectivity index (χ1) is 10.2. The summed E-state index contributed by atoms with van der Waals surface area (Å²) >= 11 is 0. The molecule has 2 unspecified atom stereocenters. The van der Waals surface area contributed by atoms with Gasteiger partial charge in [-0.1, -0.05) is 18.6 Å². The number of aliphatic hydroxyl groups is 1. The molecule has 21 heavy (non-hydrogen) atoms. The van der Waals surface area contributed by atoms with Crippen LogP contribution in [0, 0.1) is 5.82 Å². The zero-order valence-electron chi connectivity index (χ0n) is 12.5. The Morgan fingerprint density at radius 3 is 3.00 bits per heavy atom. The summed E-state index contributed by atoms with van der Waals surface area (Å²) in [4.78, 5) is 5.07. The van der Waals surface area contributed by atoms with E-state index in [-0.39, 0.29) is 5.82 Å². The molecule has 2 fully saturated rings. The van der Waals surface area contributed by atoms with Gasteiger partial charge in [-0.05, 0) is 43.5 Å². The van der Waals surface area contributed by atoms with Crippen LogP contribution in [0.3, 0.4) is 0 Å². The summed E-state index contributed by atoms with van der Waals surface area (Å²) in [6, 6.07) is 7.02. The molecule has 2 saturated heterocycles. The van der Waals surface area contributed by atoms with Crippen molar-refractivity contribution in [2.75, 3.05) is 32.7 Å². The summed E-state index contributed by atoms with van der Waals surface area (Å²) in [5.41, 5.74) is 0.686. The Morgan fingerprint density at radius 2 is 2.14 bits per heavy atom. The SMILES string of the molecule is OC(CCN1CCN2CCCCC2C1)c1cccc(F)c1. The van der Waals surface area contributed by atoms with Gasteiger partial charge in [-0.2, -0.15) is 0 Å². The van der Waals surface area contributed by atoms with Crippen molar-refractivity contribution in [1.29, 1.82) is 0 Å². The summed E-state index contributed by atoms with van der Waals surface area (Å²) in [5.74, 6) is -0.276. The normalized spacial score (nSPS) is 25.5. The second kappa shape index (κ2) is 6.86. The third-order valence-corrected chi connectivity index (χ3v) is 4.87. The molecular weight excluding hydrogens is 267 g/mol. The molecule has 0 bridgehead atoms. The number of hydrogen-bond donors (Lipinski definition) is 1. The molecule has 3 rings (SSSR count). The third-order valence-electron chi connectivity index (χ3n) is 4.87. The molecule has 0 spiro atoms. The molecule has 0 aromatic heterocycles. The Labute approximate surface area is 126 Å². The van der Waals surface area contributed by atoms with E-state index in [2.05, 4.69) is 9.80 Å². The number of rotatable bonds is 4. The van der Waals surface area contributed by atoms with Crippen LogP contribution in [0.2, 0.25) is 0 Å². The molecule has 1 aromatic carbocycles. The zero-order valence-corrected chi connectivity index (χ0v) is 12.5. The summed E-state index contributed by atoms with van der Waals surface area (Å²) in [5, 5.41) is 10.2. The predicted molar refractivity (Wildman–Crippen MR) is 81.6 cm³/mol. The average molecular weight is 292 g/mol. The third kappa shape index (κ3) is 3.82. The maximum atomic E-state index is 13.2. The topological polar surface area (TPSA) is 26.7 Å². The van der Waals surface area contributed by atoms with Gasteiger partial charge in [0.05, 0.1) is 6.10 Å². The van der Waals surface area contributed by atoms with E-state index in [1.807, 2.05) is 0 Å². The highest BCUT2D eigenvalue weighted by molar-refractivity contribution is 5.18. The summed E-state index contributed by atoms with van der Waals surface area (Å²) < 4.78 is 13.2. The number of aliphatic hydroxyl groups excluding tert-OH is 1. The zero-order chi connectivity index (χ0) is 14.7. The van der Waals surface area contributed by atoms with Crippen molar-refractivity contribution in [3.05, 3.63) is 35.6 Å². The number of fused-ring (bicyclic) bond motifs is 1. The number of benzene rings is 1. The van der Waals surface area contributed by atoms with Crippen molar-refractivity contribution in [2.24, 2.45) is 0 Å². The van der Waals surface area contributed by atoms with Crippen LogP contribution in [0.15, 0.2) is 24.3 Å². The van der Waals surface area contributed by atoms with Crippen molar-refractivity contribution in [3.8, 4) is 0 Å². The molecule has 2 aliphatic heterocycles. The number of nitrogens with zero attached hydrogens (tertiary/aromatic N) is 2. The fourth-order valence-corrected chi connectivity index (χ4v) is 3.61. The fourth-order valence-electron chi connectivity index (χ4n) is 3.61. The van der Waals surface area contributed by atoms with Crippen LogP contribution in [0.5, 0.6) is 0 Å². The standard InChI is InChI=1S/C17H25FN2O/c18-15-5-3-4-14(12-15)17(21)7-9-19-10-11-20-8-2-1-6-16(20)13-19/h3-5,12,16-17,21H,1-2,6-11,13H2. The van der Waals surface area contributed by atoms with E-state index in [4.69, 9.17) is 0 Å². The smallest absolute Gasteiger partial charge is 0.123 e. The van der Waals surface area contributed by atoms with E-state index in [0.717, 1.165) is 26.2 Å². The van der Waals surface area contributed by atoms with Crippen LogP contribution in [-0.4, -0.2) is 53.7 Å². The maximum Gasteiger partial charge on any atom is 0.123 e. The van der Waals surface area contributed by atoms with Crippen molar-refractivity contribution in [1.82, 2.24) is 9.80 Å². The van der Waals surface area contributed by atoms with Crippen LogP contribution in [-0.2, 0) is 0 Å². The van der Waals surface area contributed by atoms with Gasteiger partial charge in [0.15, 0.2) is 0 Å². The quantitative estimate of drug-likeness (QED) is 0.923. The van der Waals surface area contributed by atoms with Crippen LogP contribution in [0.1, 0.15) is 37.4 Å². The van der Waals surface area contributed by atoms with Gasteiger partial charge in [0.2, 0.25) is 0 Å². The van der Waals surface area contributed by atoms with Crippen molar-refractivity contribution < 1.29 is 9.50 Å². The lowest BCUT2D eigenvalue weighted by Crippen LogP contribution is -2.54. The molecular formula is C17H25FN2O. The second-order valence-electron chi connectivity index (χ2n) is 6.35. The van der Waals surface area contributed by atoms with Crippen LogP contribution in [0.25, 0.3) is 0 Å². The van der Waals surface area contributed by atoms with Gasteiger partial charge < -0.3 is 10.0 Å². The Bertz CT molecular complexity index is 468. The minimum Gasteiger partial charge on any atom is -0.388 e. The first kappa shape index (κ1) is 14.9. The molecule has 4 heteroatoms. The van der Waals surface area contributed by atoms with Gasteiger partial charge in [0, 0.05) is 32.2 Å². The number of piperazine rings is 1. The van der Waals surface area contributed by atoms with Crippen LogP contribution < -0.4 is 0 Å². The second-order valence-corrected chi connectivity index (χ2v) is 6.35. The Kier molecular flexibility index (Phi) is 4.88. The molecule has 3 nitrogen and oxygen atoms in total. The first-order valence-electron chi connectivity index (χ1n) is 8.12. The Hall–Kier alpha value is -0.970. The van der Waals surface area contributed by atoms with Crippen LogP contribution >= 0.6 is 0 Å². The van der Waals surface area contributed by atoms with E-state index in [1.54, 1.807) is 12.1 Å². The molecule has 0 saturated carbocycles. The summed E-state index contributed by atoms with van der Waals surface area (Å²) in [6.07, 6.45) is 4.11. The van der Waals surface area contributed by atoms with Crippen molar-refractivity contribution in [2.45, 2.75) is 37.8 Å². The molecule has 0 radical (unpaired) electrons. The largest absolute Gasteiger partial charge is 0.388 e. The average Bonchev–Trinajstić information content (AvgIpc) is 2.52. The van der Waals surface area contributed by atoms with Crippen molar-refractivity contribution in [3.63, 3.8) is 0 Å². The number of piperidine rings is 1. The van der Waals surface area contributed by atoms with E-state index >= 15 is 0 Å². The van der Waals surface area contributed by atoms with Gasteiger partial charge in [-0.15, -0.1) is 0 Å². The lowest BCUT2D eigenvalue weighted by atomic mass is 9.99. The minimum absolute atomic E-state index is 0.276. The molecule has 1 aromatic rings. The molecule has 0 aliphatic carbocycles. The lowest BCUT2D eigenvalue weighted by molar-refractivity contribution is 0.0405. The Morgan fingerprint density at radius 1 is 1.24 bits per heavy atom. The number of hydrogen-bond acceptors (Lipinski definition) is 3. The van der Waals surface area contributed by atoms with Crippen LogP contribution in [0.4, 0.5) is 4.39 Å². The predicted octanol–water partition coefficient (Wildman–Crippen LogP) is 2.42. The molecule has 0 amide bonds. The van der Waals surface area contributed by atoms with Gasteiger partial charge >= 0.3 is 0 Å². The van der Waals surface area contributed by atoms with E-state index < -0.39 is 6.10 Å². The van der Waals surface area contributed by atoms with Gasteiger partial charge in [0.1, 0.15) is 5.82 Å². The summed E-state index contributed by atoms with van der Waals surface area (Å²) in [6.45, 7) is 5.51. The van der Waals surface area contributed by atoms with E-state index in [9.17, 15) is 9.50 Å². The summed E-state index contributed by atoms with van der Waals surface area (Å²) in [7, 11) is 0. The van der Waals surface area contributed by atoms with Gasteiger partial charge in [0.25, 0.3) is 0 Å². The van der Waals surface area contributed by atoms with E-state index in [1.165, 1.54) is 37.9 Å². The molecule has 116 valence electrons. The highest BCUT2D eigenvalue weighted by atomic mass is 19.1. The lowest BCUT2D eigenvalue weighted by Gasteiger charge is -2.44. The molecule has 1 N–H and O–H groups in total. The van der Waals surface area contributed by atoms with Crippen molar-refractivity contribution >= 4 is 0 Å². The van der Waals surface area contributed by atoms with Gasteiger partial charge in [-0.3, -0.25) is 4.90 Å². The Balaban J connectivity index is 1.49. The number of halogens is 1. The fraction of sp³-hybridized carbons (Fsp3) is 0.647. The monoisotopic (exact) mass is 292 g/mol. The van der Waals surface area contributed by atoms with Gasteiger partial charge in [-0.25, -0.2) is 4.39 Å². The molecule has 2 atom stereocenters. The molecule has 2 heterocycles. The maximum absolute atomic E-state index is 13.2. The highest BCUT2D eigenvalue weighted by Gasteiger charge is 2.28. The highest BCUT2D eigenvalue weighted by Crippen LogP contribution is 2.23. The molecule has 2 aliphatic rings. The first-order valence-corrected chi connectivity index (χ1v) is 8.12.